The second kappa shape index (κ2) is 8.11. The van der Waals surface area contributed by atoms with Crippen LogP contribution in [0.15, 0.2) is 46.8 Å². The molecular formula is C21H19N3OS3. The van der Waals surface area contributed by atoms with Gasteiger partial charge in [-0.05, 0) is 29.9 Å². The minimum Gasteiger partial charge on any atom is -0.293 e. The first kappa shape index (κ1) is 19.2. The molecule has 7 heteroatoms. The van der Waals surface area contributed by atoms with Crippen LogP contribution in [0.3, 0.4) is 0 Å². The lowest BCUT2D eigenvalue weighted by Crippen LogP contribution is -2.03. The van der Waals surface area contributed by atoms with Crippen molar-refractivity contribution in [3.05, 3.63) is 57.9 Å². The number of fused-ring (bicyclic) bond motifs is 1. The number of ketones is 1. The molecule has 0 aliphatic rings. The Labute approximate surface area is 176 Å². The SMILES string of the molecule is Cc1nc2c(SCC(=O)c3ccc(C(C)C)cc3)nnc(-c3cccs3)c2s1. The Morgan fingerprint density at radius 2 is 1.93 bits per heavy atom. The fourth-order valence-electron chi connectivity index (χ4n) is 2.86. The molecule has 0 saturated carbocycles. The van der Waals surface area contributed by atoms with Gasteiger partial charge in [0, 0.05) is 5.56 Å². The second-order valence-electron chi connectivity index (χ2n) is 6.73. The van der Waals surface area contributed by atoms with Gasteiger partial charge in [-0.1, -0.05) is 55.9 Å². The van der Waals surface area contributed by atoms with Crippen molar-refractivity contribution in [1.82, 2.24) is 15.2 Å². The number of carbonyl (C=O) groups is 1. The first-order valence-corrected chi connectivity index (χ1v) is 11.6. The minimum absolute atomic E-state index is 0.0875. The fourth-order valence-corrected chi connectivity index (χ4v) is 5.44. The van der Waals surface area contributed by atoms with E-state index in [1.807, 2.05) is 48.7 Å². The van der Waals surface area contributed by atoms with E-state index in [4.69, 9.17) is 0 Å². The fraction of sp³-hybridized carbons (Fsp3) is 0.238. The lowest BCUT2D eigenvalue weighted by molar-refractivity contribution is 0.102. The van der Waals surface area contributed by atoms with E-state index in [0.717, 1.165) is 31.4 Å². The Balaban J connectivity index is 1.57. The highest BCUT2D eigenvalue weighted by molar-refractivity contribution is 8.00. The summed E-state index contributed by atoms with van der Waals surface area (Å²) in [5.41, 5.74) is 3.68. The van der Waals surface area contributed by atoms with Crippen LogP contribution in [0.2, 0.25) is 0 Å². The van der Waals surface area contributed by atoms with E-state index in [-0.39, 0.29) is 5.78 Å². The Bertz CT molecular complexity index is 1120. The van der Waals surface area contributed by atoms with Crippen LogP contribution in [-0.4, -0.2) is 26.7 Å². The molecule has 0 spiro atoms. The third kappa shape index (κ3) is 3.87. The monoisotopic (exact) mass is 425 g/mol. The Morgan fingerprint density at radius 1 is 1.14 bits per heavy atom. The van der Waals surface area contributed by atoms with Crippen LogP contribution in [-0.2, 0) is 0 Å². The van der Waals surface area contributed by atoms with Crippen LogP contribution in [0.1, 0.15) is 40.7 Å². The molecule has 0 aliphatic carbocycles. The maximum atomic E-state index is 12.6. The minimum atomic E-state index is 0.0875. The number of rotatable bonds is 6. The Kier molecular flexibility index (Phi) is 5.57. The molecule has 0 N–H and O–H groups in total. The lowest BCUT2D eigenvalue weighted by atomic mass is 10.0. The first-order chi connectivity index (χ1) is 13.5. The van der Waals surface area contributed by atoms with Gasteiger partial charge in [-0.15, -0.1) is 32.9 Å². The molecule has 3 aromatic heterocycles. The van der Waals surface area contributed by atoms with Crippen molar-refractivity contribution < 1.29 is 4.79 Å². The highest BCUT2D eigenvalue weighted by atomic mass is 32.2. The van der Waals surface area contributed by atoms with Crippen molar-refractivity contribution >= 4 is 50.4 Å². The number of hydrogen-bond donors (Lipinski definition) is 0. The standard InChI is InChI=1S/C21H19N3OS3/c1-12(2)14-6-8-15(9-7-14)16(25)11-27-21-19-20(28-13(3)22-19)18(23-24-21)17-5-4-10-26-17/h4-10,12H,11H2,1-3H3. The average Bonchev–Trinajstić information content (AvgIpc) is 3.35. The molecule has 0 fully saturated rings. The summed E-state index contributed by atoms with van der Waals surface area (Å²) in [6.45, 7) is 6.28. The molecule has 1 aromatic carbocycles. The zero-order chi connectivity index (χ0) is 19.7. The van der Waals surface area contributed by atoms with E-state index >= 15 is 0 Å². The number of nitrogens with zero attached hydrogens (tertiary/aromatic N) is 3. The zero-order valence-electron chi connectivity index (χ0n) is 15.8. The summed E-state index contributed by atoms with van der Waals surface area (Å²) in [5.74, 6) is 0.862. The van der Waals surface area contributed by atoms with Gasteiger partial charge >= 0.3 is 0 Å². The van der Waals surface area contributed by atoms with Crippen LogP contribution in [0, 0.1) is 6.92 Å². The van der Waals surface area contributed by atoms with E-state index in [2.05, 4.69) is 29.0 Å². The van der Waals surface area contributed by atoms with E-state index in [0.29, 0.717) is 16.7 Å². The predicted octanol–water partition coefficient (Wildman–Crippen LogP) is 6.22. The molecule has 0 bridgehead atoms. The summed E-state index contributed by atoms with van der Waals surface area (Å²) in [7, 11) is 0. The summed E-state index contributed by atoms with van der Waals surface area (Å²) in [6, 6.07) is 11.9. The number of hydrogen-bond acceptors (Lipinski definition) is 7. The average molecular weight is 426 g/mol. The van der Waals surface area contributed by atoms with Crippen molar-refractivity contribution in [2.45, 2.75) is 31.7 Å². The number of thioether (sulfide) groups is 1. The van der Waals surface area contributed by atoms with Gasteiger partial charge in [-0.3, -0.25) is 4.79 Å². The number of thiophene rings is 1. The molecule has 4 aromatic rings. The second-order valence-corrected chi connectivity index (χ2v) is 9.85. The van der Waals surface area contributed by atoms with Crippen molar-refractivity contribution in [3.63, 3.8) is 0 Å². The van der Waals surface area contributed by atoms with Crippen molar-refractivity contribution in [2.24, 2.45) is 0 Å². The number of Topliss-reactive ketones (excluding diaryl/α,β-unsaturated/α-hetero) is 1. The van der Waals surface area contributed by atoms with Crippen molar-refractivity contribution in [2.75, 3.05) is 5.75 Å². The van der Waals surface area contributed by atoms with Gasteiger partial charge in [0.15, 0.2) is 5.78 Å². The van der Waals surface area contributed by atoms with E-state index in [9.17, 15) is 4.79 Å². The maximum absolute atomic E-state index is 12.6. The predicted molar refractivity (Wildman–Crippen MR) is 119 cm³/mol. The number of aromatic nitrogens is 3. The zero-order valence-corrected chi connectivity index (χ0v) is 18.3. The summed E-state index contributed by atoms with van der Waals surface area (Å²) in [6.07, 6.45) is 0. The normalized spacial score (nSPS) is 11.4. The summed E-state index contributed by atoms with van der Waals surface area (Å²) in [5, 5.41) is 12.6. The highest BCUT2D eigenvalue weighted by Crippen LogP contribution is 2.36. The molecule has 0 saturated heterocycles. The first-order valence-electron chi connectivity index (χ1n) is 8.96. The van der Waals surface area contributed by atoms with Crippen LogP contribution in [0.5, 0.6) is 0 Å². The molecule has 0 atom stereocenters. The van der Waals surface area contributed by atoms with Crippen molar-refractivity contribution in [3.8, 4) is 10.6 Å². The van der Waals surface area contributed by atoms with E-state index in [1.165, 1.54) is 17.3 Å². The van der Waals surface area contributed by atoms with Gasteiger partial charge in [0.2, 0.25) is 0 Å². The Morgan fingerprint density at radius 3 is 2.61 bits per heavy atom. The lowest BCUT2D eigenvalue weighted by Gasteiger charge is -2.07. The number of benzene rings is 1. The highest BCUT2D eigenvalue weighted by Gasteiger charge is 2.17. The third-order valence-corrected chi connectivity index (χ3v) is 7.20. The summed E-state index contributed by atoms with van der Waals surface area (Å²) >= 11 is 4.67. The molecule has 4 nitrogen and oxygen atoms in total. The molecule has 0 amide bonds. The maximum Gasteiger partial charge on any atom is 0.173 e. The van der Waals surface area contributed by atoms with Gasteiger partial charge in [0.1, 0.15) is 16.2 Å². The summed E-state index contributed by atoms with van der Waals surface area (Å²) in [4.78, 5) is 18.3. The molecule has 0 unspecified atom stereocenters. The molecule has 4 rings (SSSR count). The summed E-state index contributed by atoms with van der Waals surface area (Å²) < 4.78 is 1.03. The van der Waals surface area contributed by atoms with Crippen molar-refractivity contribution in [1.29, 1.82) is 0 Å². The quantitative estimate of drug-likeness (QED) is 0.271. The molecule has 0 aliphatic heterocycles. The molecule has 142 valence electrons. The molecule has 28 heavy (non-hydrogen) atoms. The van der Waals surface area contributed by atoms with E-state index in [1.54, 1.807) is 22.7 Å². The third-order valence-electron chi connectivity index (χ3n) is 4.39. The van der Waals surface area contributed by atoms with E-state index < -0.39 is 0 Å². The smallest absolute Gasteiger partial charge is 0.173 e. The van der Waals surface area contributed by atoms with Gasteiger partial charge in [-0.25, -0.2) is 4.98 Å². The topological polar surface area (TPSA) is 55.7 Å². The largest absolute Gasteiger partial charge is 0.293 e. The van der Waals surface area contributed by atoms with Gasteiger partial charge in [0.05, 0.1) is 20.3 Å². The van der Waals surface area contributed by atoms with Crippen LogP contribution >= 0.6 is 34.4 Å². The van der Waals surface area contributed by atoms with Gasteiger partial charge in [-0.2, -0.15) is 0 Å². The van der Waals surface area contributed by atoms with Gasteiger partial charge in [0.25, 0.3) is 0 Å². The van der Waals surface area contributed by atoms with Crippen LogP contribution in [0.25, 0.3) is 20.8 Å². The number of thiazole rings is 1. The molecule has 3 heterocycles. The molecular weight excluding hydrogens is 406 g/mol. The number of carbonyl (C=O) groups excluding carboxylic acids is 1. The number of aryl methyl sites for hydroxylation is 1. The Hall–Kier alpha value is -2.09. The molecule has 0 radical (unpaired) electrons. The van der Waals surface area contributed by atoms with Crippen LogP contribution in [0.4, 0.5) is 0 Å². The van der Waals surface area contributed by atoms with Gasteiger partial charge < -0.3 is 0 Å². The van der Waals surface area contributed by atoms with Crippen LogP contribution < -0.4 is 0 Å².